The van der Waals surface area contributed by atoms with Crippen molar-refractivity contribution in [3.8, 4) is 0 Å². The Bertz CT molecular complexity index is 414. The number of carbonyl (C=O) groups is 2. The van der Waals surface area contributed by atoms with E-state index in [1.165, 1.54) is 19.3 Å². The third-order valence-electron chi connectivity index (χ3n) is 5.00. The van der Waals surface area contributed by atoms with Gasteiger partial charge in [0.25, 0.3) is 0 Å². The Labute approximate surface area is 138 Å². The van der Waals surface area contributed by atoms with Gasteiger partial charge >= 0.3 is 6.03 Å². The first-order chi connectivity index (χ1) is 10.1. The van der Waals surface area contributed by atoms with Crippen LogP contribution in [0.4, 0.5) is 4.79 Å². The average Bonchev–Trinajstić information content (AvgIpc) is 3.27. The number of nitrogens with zero attached hydrogens (tertiary/aromatic N) is 2. The van der Waals surface area contributed by atoms with E-state index in [4.69, 9.17) is 5.73 Å². The molecule has 3 amide bonds. The molecule has 0 radical (unpaired) electrons. The lowest BCUT2D eigenvalue weighted by Gasteiger charge is -2.37. The zero-order chi connectivity index (χ0) is 14.9. The third kappa shape index (κ3) is 3.84. The highest BCUT2D eigenvalue weighted by atomic mass is 35.5. The summed E-state index contributed by atoms with van der Waals surface area (Å²) in [5, 5.41) is 3.13. The minimum atomic E-state index is -0.591. The molecule has 0 aromatic rings. The largest absolute Gasteiger partial charge is 0.338 e. The van der Waals surface area contributed by atoms with Gasteiger partial charge in [0.05, 0.1) is 5.54 Å². The van der Waals surface area contributed by atoms with E-state index in [9.17, 15) is 9.59 Å². The van der Waals surface area contributed by atoms with Crippen LogP contribution in [0.15, 0.2) is 0 Å². The van der Waals surface area contributed by atoms with Crippen LogP contribution in [-0.2, 0) is 4.79 Å². The minimum absolute atomic E-state index is 0. The Morgan fingerprint density at radius 2 is 1.50 bits per heavy atom. The summed E-state index contributed by atoms with van der Waals surface area (Å²) < 4.78 is 0. The maximum Gasteiger partial charge on any atom is 0.317 e. The summed E-state index contributed by atoms with van der Waals surface area (Å²) in [6, 6.07) is 0.368. The summed E-state index contributed by atoms with van der Waals surface area (Å²) in [5.41, 5.74) is 5.36. The second kappa shape index (κ2) is 7.04. The zero-order valence-corrected chi connectivity index (χ0v) is 13.9. The fourth-order valence-electron chi connectivity index (χ4n) is 3.29. The molecular weight excluding hydrogens is 304 g/mol. The van der Waals surface area contributed by atoms with Gasteiger partial charge in [-0.05, 0) is 25.7 Å². The van der Waals surface area contributed by atoms with Gasteiger partial charge in [-0.2, -0.15) is 0 Å². The molecule has 126 valence electrons. The van der Waals surface area contributed by atoms with Crippen molar-refractivity contribution in [2.75, 3.05) is 26.2 Å². The van der Waals surface area contributed by atoms with Crippen LogP contribution < -0.4 is 11.1 Å². The van der Waals surface area contributed by atoms with Gasteiger partial charge in [-0.25, -0.2) is 4.79 Å². The first-order valence-corrected chi connectivity index (χ1v) is 8.22. The number of nitrogens with one attached hydrogen (secondary N) is 1. The number of hydrogen-bond acceptors (Lipinski definition) is 3. The summed E-state index contributed by atoms with van der Waals surface area (Å²) in [5.74, 6) is 0.0647. The molecule has 3 aliphatic rings. The molecule has 3 fully saturated rings. The van der Waals surface area contributed by atoms with Crippen LogP contribution >= 0.6 is 12.4 Å². The first kappa shape index (κ1) is 17.3. The highest BCUT2D eigenvalue weighted by Gasteiger charge is 2.48. The van der Waals surface area contributed by atoms with Crippen molar-refractivity contribution >= 4 is 24.3 Å². The third-order valence-corrected chi connectivity index (χ3v) is 5.00. The molecule has 1 aliphatic heterocycles. The minimum Gasteiger partial charge on any atom is -0.338 e. The Morgan fingerprint density at radius 3 is 2.05 bits per heavy atom. The van der Waals surface area contributed by atoms with Gasteiger partial charge in [0.1, 0.15) is 0 Å². The molecule has 0 spiro atoms. The second-order valence-electron chi connectivity index (χ2n) is 6.72. The van der Waals surface area contributed by atoms with E-state index in [2.05, 4.69) is 5.32 Å². The zero-order valence-electron chi connectivity index (χ0n) is 13.1. The average molecular weight is 331 g/mol. The van der Waals surface area contributed by atoms with E-state index in [-0.39, 0.29) is 24.3 Å². The molecule has 2 saturated carbocycles. The van der Waals surface area contributed by atoms with Crippen molar-refractivity contribution in [1.29, 1.82) is 0 Å². The number of nitrogens with two attached hydrogens (primary N) is 1. The molecule has 2 aliphatic carbocycles. The molecule has 0 atom stereocenters. The summed E-state index contributed by atoms with van der Waals surface area (Å²) in [4.78, 5) is 28.0. The predicted molar refractivity (Wildman–Crippen MR) is 87.0 cm³/mol. The topological polar surface area (TPSA) is 78.7 Å². The molecule has 0 bridgehead atoms. The van der Waals surface area contributed by atoms with Gasteiger partial charge in [0.15, 0.2) is 0 Å². The van der Waals surface area contributed by atoms with Crippen LogP contribution in [-0.4, -0.2) is 59.5 Å². The summed E-state index contributed by atoms with van der Waals surface area (Å²) in [6.07, 6.45) is 7.51. The van der Waals surface area contributed by atoms with Crippen molar-refractivity contribution in [1.82, 2.24) is 15.1 Å². The first-order valence-electron chi connectivity index (χ1n) is 8.22. The fraction of sp³-hybridized carbons (Fsp3) is 0.867. The molecular formula is C15H27ClN4O2. The molecule has 6 nitrogen and oxygen atoms in total. The van der Waals surface area contributed by atoms with E-state index >= 15 is 0 Å². The lowest BCUT2D eigenvalue weighted by atomic mass is 9.96. The Morgan fingerprint density at radius 1 is 0.955 bits per heavy atom. The van der Waals surface area contributed by atoms with E-state index in [0.717, 1.165) is 25.7 Å². The summed E-state index contributed by atoms with van der Waals surface area (Å²) in [7, 11) is 0. The van der Waals surface area contributed by atoms with E-state index < -0.39 is 5.54 Å². The highest BCUT2D eigenvalue weighted by molar-refractivity contribution is 5.89. The lowest BCUT2D eigenvalue weighted by molar-refractivity contribution is -0.135. The SMILES string of the molecule is Cl.NC1(C(=O)N2CCN(C(=O)NC3CCCCC3)CC2)CC1. The van der Waals surface area contributed by atoms with Crippen LogP contribution in [0.5, 0.6) is 0 Å². The number of piperazine rings is 1. The number of rotatable bonds is 2. The van der Waals surface area contributed by atoms with Crippen molar-refractivity contribution in [2.24, 2.45) is 5.73 Å². The molecule has 22 heavy (non-hydrogen) atoms. The number of halogens is 1. The maximum atomic E-state index is 12.2. The predicted octanol–water partition coefficient (Wildman–Crippen LogP) is 1.09. The van der Waals surface area contributed by atoms with E-state index in [1.807, 2.05) is 9.80 Å². The van der Waals surface area contributed by atoms with Crippen LogP contribution in [0.25, 0.3) is 0 Å². The maximum absolute atomic E-state index is 12.2. The highest BCUT2D eigenvalue weighted by Crippen LogP contribution is 2.34. The lowest BCUT2D eigenvalue weighted by Crippen LogP contribution is -2.57. The van der Waals surface area contributed by atoms with Crippen LogP contribution in [0.1, 0.15) is 44.9 Å². The van der Waals surface area contributed by atoms with Gasteiger partial charge < -0.3 is 20.9 Å². The molecule has 3 N–H and O–H groups in total. The van der Waals surface area contributed by atoms with Crippen molar-refractivity contribution in [3.05, 3.63) is 0 Å². The molecule has 0 aromatic heterocycles. The van der Waals surface area contributed by atoms with E-state index in [1.54, 1.807) is 0 Å². The quantitative estimate of drug-likeness (QED) is 0.795. The second-order valence-corrected chi connectivity index (χ2v) is 6.72. The molecule has 0 aromatic carbocycles. The molecule has 1 heterocycles. The number of amides is 3. The van der Waals surface area contributed by atoms with Gasteiger partial charge in [-0.15, -0.1) is 12.4 Å². The Balaban J connectivity index is 0.00000176. The Kier molecular flexibility index (Phi) is 5.55. The fourth-order valence-corrected chi connectivity index (χ4v) is 3.29. The van der Waals surface area contributed by atoms with Crippen molar-refractivity contribution in [3.63, 3.8) is 0 Å². The van der Waals surface area contributed by atoms with Gasteiger partial charge in [0, 0.05) is 32.2 Å². The van der Waals surface area contributed by atoms with Gasteiger partial charge in [0.2, 0.25) is 5.91 Å². The Hall–Kier alpha value is -1.01. The normalized spacial score (nSPS) is 24.4. The van der Waals surface area contributed by atoms with Gasteiger partial charge in [-0.1, -0.05) is 19.3 Å². The number of hydrogen-bond donors (Lipinski definition) is 2. The van der Waals surface area contributed by atoms with Crippen LogP contribution in [0, 0.1) is 0 Å². The molecule has 7 heteroatoms. The molecule has 0 unspecified atom stereocenters. The van der Waals surface area contributed by atoms with Crippen LogP contribution in [0.2, 0.25) is 0 Å². The van der Waals surface area contributed by atoms with Crippen molar-refractivity contribution < 1.29 is 9.59 Å². The van der Waals surface area contributed by atoms with Gasteiger partial charge in [-0.3, -0.25) is 4.79 Å². The van der Waals surface area contributed by atoms with Crippen molar-refractivity contribution in [2.45, 2.75) is 56.5 Å². The molecule has 3 rings (SSSR count). The number of carbonyl (C=O) groups excluding carboxylic acids is 2. The summed E-state index contributed by atoms with van der Waals surface area (Å²) >= 11 is 0. The standard InChI is InChI=1S/C15H26N4O2.ClH/c16-15(6-7-15)13(20)18-8-10-19(11-9-18)14(21)17-12-4-2-1-3-5-12;/h12H,1-11,16H2,(H,17,21);1H. The summed E-state index contributed by atoms with van der Waals surface area (Å²) in [6.45, 7) is 2.44. The monoisotopic (exact) mass is 330 g/mol. The smallest absolute Gasteiger partial charge is 0.317 e. The molecule has 1 saturated heterocycles. The van der Waals surface area contributed by atoms with Crippen LogP contribution in [0.3, 0.4) is 0 Å². The van der Waals surface area contributed by atoms with E-state index in [0.29, 0.717) is 32.2 Å². The number of urea groups is 1.